The molecule has 7 heteroatoms. The van der Waals surface area contributed by atoms with Gasteiger partial charge in [-0.2, -0.15) is 5.10 Å². The smallest absolute Gasteiger partial charge is 0.265 e. The number of hydrogen-bond donors (Lipinski definition) is 1. The molecule has 0 radical (unpaired) electrons. The molecular formula is C3H2BrClN2O2S. The third kappa shape index (κ3) is 1.50. The molecule has 0 aliphatic rings. The summed E-state index contributed by atoms with van der Waals surface area (Å²) in [6.45, 7) is 0. The molecule has 1 heterocycles. The maximum absolute atomic E-state index is 10.6. The molecule has 1 rings (SSSR count). The van der Waals surface area contributed by atoms with E-state index in [9.17, 15) is 8.42 Å². The molecule has 1 aromatic heterocycles. The molecular weight excluding hydrogens is 243 g/mol. The predicted molar refractivity (Wildman–Crippen MR) is 39.3 cm³/mol. The van der Waals surface area contributed by atoms with Gasteiger partial charge in [-0.15, -0.1) is 0 Å². The summed E-state index contributed by atoms with van der Waals surface area (Å²) in [5.74, 6) is 0. The number of aromatic amines is 1. The van der Waals surface area contributed by atoms with Crippen LogP contribution in [0.2, 0.25) is 0 Å². The zero-order chi connectivity index (χ0) is 7.78. The number of halogens is 2. The van der Waals surface area contributed by atoms with Crippen molar-refractivity contribution in [3.05, 3.63) is 10.8 Å². The van der Waals surface area contributed by atoms with E-state index >= 15 is 0 Å². The van der Waals surface area contributed by atoms with Crippen LogP contribution in [-0.4, -0.2) is 18.6 Å². The molecule has 0 fully saturated rings. The highest BCUT2D eigenvalue weighted by atomic mass is 79.9. The molecule has 0 aliphatic heterocycles. The second-order valence-electron chi connectivity index (χ2n) is 1.49. The van der Waals surface area contributed by atoms with Gasteiger partial charge in [0.15, 0.2) is 0 Å². The Morgan fingerprint density at radius 2 is 2.30 bits per heavy atom. The molecule has 0 unspecified atom stereocenters. The van der Waals surface area contributed by atoms with Gasteiger partial charge < -0.3 is 0 Å². The van der Waals surface area contributed by atoms with Crippen molar-refractivity contribution in [2.24, 2.45) is 0 Å². The summed E-state index contributed by atoms with van der Waals surface area (Å²) in [6, 6.07) is 0. The highest BCUT2D eigenvalue weighted by Gasteiger charge is 2.15. The lowest BCUT2D eigenvalue weighted by molar-refractivity contribution is 0.609. The van der Waals surface area contributed by atoms with Gasteiger partial charge in [-0.05, 0) is 15.9 Å². The first-order valence-corrected chi connectivity index (χ1v) is 5.25. The average Bonchev–Trinajstić information content (AvgIpc) is 2.11. The van der Waals surface area contributed by atoms with Crippen LogP contribution in [0.4, 0.5) is 0 Å². The van der Waals surface area contributed by atoms with Crippen LogP contribution in [0.25, 0.3) is 0 Å². The second-order valence-corrected chi connectivity index (χ2v) is 4.81. The first-order chi connectivity index (χ1) is 4.52. The van der Waals surface area contributed by atoms with Crippen LogP contribution in [0.3, 0.4) is 0 Å². The quantitative estimate of drug-likeness (QED) is 0.754. The molecule has 0 atom stereocenters. The van der Waals surface area contributed by atoms with Gasteiger partial charge >= 0.3 is 0 Å². The van der Waals surface area contributed by atoms with E-state index in [1.807, 2.05) is 0 Å². The molecule has 0 amide bonds. The van der Waals surface area contributed by atoms with Gasteiger partial charge in [-0.3, -0.25) is 5.10 Å². The summed E-state index contributed by atoms with van der Waals surface area (Å²) in [5.41, 5.74) is 0. The first kappa shape index (κ1) is 8.03. The van der Waals surface area contributed by atoms with E-state index in [1.54, 1.807) is 0 Å². The third-order valence-electron chi connectivity index (χ3n) is 0.824. The van der Waals surface area contributed by atoms with Crippen molar-refractivity contribution in [1.82, 2.24) is 10.2 Å². The van der Waals surface area contributed by atoms with Crippen molar-refractivity contribution in [2.45, 2.75) is 4.90 Å². The monoisotopic (exact) mass is 244 g/mol. The number of nitrogens with zero attached hydrogens (tertiary/aromatic N) is 1. The van der Waals surface area contributed by atoms with Crippen LogP contribution in [0.5, 0.6) is 0 Å². The van der Waals surface area contributed by atoms with Crippen molar-refractivity contribution in [1.29, 1.82) is 0 Å². The normalized spacial score (nSPS) is 11.8. The van der Waals surface area contributed by atoms with E-state index in [0.717, 1.165) is 6.20 Å². The van der Waals surface area contributed by atoms with Gasteiger partial charge in [0.25, 0.3) is 9.05 Å². The lowest BCUT2D eigenvalue weighted by Gasteiger charge is -1.86. The molecule has 0 bridgehead atoms. The summed E-state index contributed by atoms with van der Waals surface area (Å²) in [6.07, 6.45) is 1.13. The van der Waals surface area contributed by atoms with Crippen LogP contribution in [-0.2, 0) is 9.05 Å². The summed E-state index contributed by atoms with van der Waals surface area (Å²) in [5, 5.41) is 5.83. The average molecular weight is 245 g/mol. The molecule has 1 aromatic rings. The van der Waals surface area contributed by atoms with E-state index in [-0.39, 0.29) is 9.50 Å². The third-order valence-corrected chi connectivity index (χ3v) is 3.02. The zero-order valence-electron chi connectivity index (χ0n) is 4.51. The highest BCUT2D eigenvalue weighted by Crippen LogP contribution is 2.21. The summed E-state index contributed by atoms with van der Waals surface area (Å²) >= 11 is 2.92. The van der Waals surface area contributed by atoms with Crippen LogP contribution in [0.1, 0.15) is 0 Å². The fourth-order valence-electron chi connectivity index (χ4n) is 0.429. The van der Waals surface area contributed by atoms with Crippen LogP contribution in [0.15, 0.2) is 15.7 Å². The van der Waals surface area contributed by atoms with Crippen LogP contribution >= 0.6 is 26.6 Å². The molecule has 1 N–H and O–H groups in total. The fraction of sp³-hybridized carbons (Fsp3) is 0. The van der Waals surface area contributed by atoms with Crippen molar-refractivity contribution in [2.75, 3.05) is 0 Å². The molecule has 0 saturated heterocycles. The largest absolute Gasteiger partial charge is 0.270 e. The Kier molecular flexibility index (Phi) is 2.02. The standard InChI is InChI=1S/C3H2BrClN2O2S/c4-3-2(1-6-7-3)10(5,8)9/h1H,(H,6,7). The maximum Gasteiger partial charge on any atom is 0.265 e. The Morgan fingerprint density at radius 1 is 1.70 bits per heavy atom. The van der Waals surface area contributed by atoms with Gasteiger partial charge in [-0.1, -0.05) is 0 Å². The van der Waals surface area contributed by atoms with Crippen LogP contribution < -0.4 is 0 Å². The van der Waals surface area contributed by atoms with Gasteiger partial charge in [0.05, 0.1) is 6.20 Å². The Labute approximate surface area is 70.1 Å². The second kappa shape index (κ2) is 2.52. The number of rotatable bonds is 1. The minimum Gasteiger partial charge on any atom is -0.270 e. The lowest BCUT2D eigenvalue weighted by atomic mass is 10.7. The Hall–Kier alpha value is -0.0700. The Balaban J connectivity index is 3.32. The molecule has 0 aromatic carbocycles. The number of aromatic nitrogens is 2. The number of H-pyrrole nitrogens is 1. The minimum atomic E-state index is -3.66. The summed E-state index contributed by atoms with van der Waals surface area (Å²) < 4.78 is 21.4. The number of nitrogens with one attached hydrogen (secondary N) is 1. The maximum atomic E-state index is 10.6. The van der Waals surface area contributed by atoms with E-state index in [2.05, 4.69) is 26.1 Å². The van der Waals surface area contributed by atoms with E-state index in [4.69, 9.17) is 10.7 Å². The SMILES string of the molecule is O=S(=O)(Cl)c1cn[nH]c1Br. The van der Waals surface area contributed by atoms with E-state index in [1.165, 1.54) is 0 Å². The van der Waals surface area contributed by atoms with Crippen LogP contribution in [0, 0.1) is 0 Å². The minimum absolute atomic E-state index is 0.0471. The van der Waals surface area contributed by atoms with Crippen molar-refractivity contribution >= 4 is 35.7 Å². The first-order valence-electron chi connectivity index (χ1n) is 2.15. The van der Waals surface area contributed by atoms with E-state index in [0.29, 0.717) is 0 Å². The van der Waals surface area contributed by atoms with Gasteiger partial charge in [-0.25, -0.2) is 8.42 Å². The fourth-order valence-corrected chi connectivity index (χ4v) is 2.34. The summed E-state index contributed by atoms with van der Waals surface area (Å²) in [4.78, 5) is -0.0471. The van der Waals surface area contributed by atoms with Crippen molar-refractivity contribution in [3.63, 3.8) is 0 Å². The van der Waals surface area contributed by atoms with E-state index < -0.39 is 9.05 Å². The van der Waals surface area contributed by atoms with Gasteiger partial charge in [0.2, 0.25) is 0 Å². The summed E-state index contributed by atoms with van der Waals surface area (Å²) in [7, 11) is 1.33. The molecule has 0 aliphatic carbocycles. The molecule has 56 valence electrons. The molecule has 0 saturated carbocycles. The number of hydrogen-bond acceptors (Lipinski definition) is 3. The van der Waals surface area contributed by atoms with Crippen molar-refractivity contribution in [3.8, 4) is 0 Å². The topological polar surface area (TPSA) is 62.8 Å². The van der Waals surface area contributed by atoms with Crippen molar-refractivity contribution < 1.29 is 8.42 Å². The lowest BCUT2D eigenvalue weighted by Crippen LogP contribution is -1.87. The Morgan fingerprint density at radius 3 is 2.50 bits per heavy atom. The zero-order valence-corrected chi connectivity index (χ0v) is 7.66. The Bertz CT molecular complexity index is 332. The molecule has 0 spiro atoms. The molecule has 10 heavy (non-hydrogen) atoms. The predicted octanol–water partition coefficient (Wildman–Crippen LogP) is 1.10. The van der Waals surface area contributed by atoms with Gasteiger partial charge in [0, 0.05) is 10.7 Å². The molecule has 4 nitrogen and oxygen atoms in total. The van der Waals surface area contributed by atoms with Gasteiger partial charge in [0.1, 0.15) is 9.50 Å². The highest BCUT2D eigenvalue weighted by molar-refractivity contribution is 9.10.